The van der Waals surface area contributed by atoms with Gasteiger partial charge in [-0.2, -0.15) is 0 Å². The molecule has 0 saturated heterocycles. The maximum absolute atomic E-state index is 2.66. The summed E-state index contributed by atoms with van der Waals surface area (Å²) in [5.74, 6) is 3.09. The Labute approximate surface area is 400 Å². The Kier molecular flexibility index (Phi) is 8.77. The lowest BCUT2D eigenvalue weighted by Crippen LogP contribution is -2.55. The first kappa shape index (κ1) is 40.0. The smallest absolute Gasteiger partial charge is 0.0540 e. The number of anilines is 6. The van der Waals surface area contributed by atoms with Crippen LogP contribution in [0.15, 0.2) is 200 Å². The van der Waals surface area contributed by atoms with E-state index in [2.05, 4.69) is 231 Å². The standard InChI is InChI=1S/C66H56N2/c1-65(2,3)47-30-35-60(56(41-47)44-16-7-4-8-17-44)67(50-18-9-5-10-19-50)58-33-28-45-27-32-55-59(34-29-46-26-31-54(58)62(45)63(46)55)68(51-20-11-6-12-21-51)61-25-15-23-53-52-22-13-14-24-57(52)66(64(53)61)48-37-42-36-43(39-48)40-49(66)38-42/h4-35,41-43,48-49H,36-40H2,1-3H3. The van der Waals surface area contributed by atoms with Crippen molar-refractivity contribution in [2.24, 2.45) is 23.7 Å². The first-order valence-electron chi connectivity index (χ1n) is 25.2. The molecule has 0 atom stereocenters. The van der Waals surface area contributed by atoms with Gasteiger partial charge in [0.15, 0.2) is 0 Å². The molecule has 10 aromatic rings. The molecule has 0 unspecified atom stereocenters. The number of fused-ring (bicyclic) bond motifs is 3. The molecule has 5 aliphatic carbocycles. The molecule has 1 spiro atoms. The van der Waals surface area contributed by atoms with Crippen molar-refractivity contribution < 1.29 is 0 Å². The van der Waals surface area contributed by atoms with E-state index in [0.29, 0.717) is 11.8 Å². The zero-order valence-corrected chi connectivity index (χ0v) is 39.3. The molecule has 0 aromatic heterocycles. The third-order valence-electron chi connectivity index (χ3n) is 17.1. The molecule has 5 aliphatic rings. The monoisotopic (exact) mass is 876 g/mol. The molecule has 4 fully saturated rings. The Hall–Kier alpha value is -7.16. The normalized spacial score (nSPS) is 21.2. The number of benzene rings is 10. The summed E-state index contributed by atoms with van der Waals surface area (Å²) >= 11 is 0. The van der Waals surface area contributed by atoms with Crippen molar-refractivity contribution in [3.05, 3.63) is 217 Å². The van der Waals surface area contributed by atoms with E-state index in [1.807, 2.05) is 0 Å². The zero-order chi connectivity index (χ0) is 45.3. The van der Waals surface area contributed by atoms with E-state index in [4.69, 9.17) is 0 Å². The number of hydrogen-bond donors (Lipinski definition) is 0. The third-order valence-corrected chi connectivity index (χ3v) is 17.1. The highest BCUT2D eigenvalue weighted by Crippen LogP contribution is 2.71. The minimum atomic E-state index is -0.00200. The lowest BCUT2D eigenvalue weighted by molar-refractivity contribution is -0.0397. The zero-order valence-electron chi connectivity index (χ0n) is 39.3. The van der Waals surface area contributed by atoms with Crippen LogP contribution in [0.3, 0.4) is 0 Å². The minimum Gasteiger partial charge on any atom is -0.310 e. The molecule has 15 rings (SSSR count). The van der Waals surface area contributed by atoms with E-state index in [-0.39, 0.29) is 10.8 Å². The summed E-state index contributed by atoms with van der Waals surface area (Å²) < 4.78 is 0. The van der Waals surface area contributed by atoms with Crippen molar-refractivity contribution in [3.8, 4) is 22.3 Å². The topological polar surface area (TPSA) is 6.48 Å². The molecule has 4 bridgehead atoms. The number of hydrogen-bond acceptors (Lipinski definition) is 2. The van der Waals surface area contributed by atoms with E-state index in [1.165, 1.54) is 121 Å². The largest absolute Gasteiger partial charge is 0.310 e. The number of para-hydroxylation sites is 2. The second kappa shape index (κ2) is 14.9. The Morgan fingerprint density at radius 3 is 1.50 bits per heavy atom. The second-order valence-electron chi connectivity index (χ2n) is 21.7. The second-order valence-corrected chi connectivity index (χ2v) is 21.7. The quantitative estimate of drug-likeness (QED) is 0.147. The molecule has 4 saturated carbocycles. The van der Waals surface area contributed by atoms with Gasteiger partial charge in [-0.1, -0.05) is 166 Å². The molecule has 0 heterocycles. The van der Waals surface area contributed by atoms with E-state index in [9.17, 15) is 0 Å². The highest BCUT2D eigenvalue weighted by atomic mass is 15.2. The summed E-state index contributed by atoms with van der Waals surface area (Å²) in [5.41, 5.74) is 17.1. The fourth-order valence-corrected chi connectivity index (χ4v) is 14.6. The summed E-state index contributed by atoms with van der Waals surface area (Å²) in [4.78, 5) is 5.16. The average Bonchev–Trinajstić information content (AvgIpc) is 3.67. The summed E-state index contributed by atoms with van der Waals surface area (Å²) in [6.45, 7) is 6.93. The van der Waals surface area contributed by atoms with Crippen LogP contribution >= 0.6 is 0 Å². The van der Waals surface area contributed by atoms with Crippen LogP contribution in [-0.4, -0.2) is 0 Å². The minimum absolute atomic E-state index is 0.00200. The Morgan fingerprint density at radius 2 is 0.912 bits per heavy atom. The molecule has 10 aromatic carbocycles. The van der Waals surface area contributed by atoms with Gasteiger partial charge in [-0.3, -0.25) is 0 Å². The molecule has 2 nitrogen and oxygen atoms in total. The van der Waals surface area contributed by atoms with Crippen LogP contribution in [0.4, 0.5) is 34.1 Å². The Morgan fingerprint density at radius 1 is 0.412 bits per heavy atom. The maximum Gasteiger partial charge on any atom is 0.0540 e. The van der Waals surface area contributed by atoms with Crippen molar-refractivity contribution >= 4 is 66.4 Å². The van der Waals surface area contributed by atoms with E-state index in [1.54, 1.807) is 11.1 Å². The SMILES string of the molecule is CC(C)(C)c1ccc(N(c2ccccc2)c2ccc3ccc4c(N(c5ccccc5)c5cccc6c5C5(c7ccccc7-6)C6CC7CC(C6)CC5C7)ccc5ccc2c3c54)c(-c2ccccc2)c1. The molecule has 0 N–H and O–H groups in total. The van der Waals surface area contributed by atoms with Gasteiger partial charge in [0.1, 0.15) is 0 Å². The van der Waals surface area contributed by atoms with Crippen LogP contribution in [-0.2, 0) is 10.8 Å². The van der Waals surface area contributed by atoms with Crippen LogP contribution < -0.4 is 9.80 Å². The van der Waals surface area contributed by atoms with Gasteiger partial charge in [0.2, 0.25) is 0 Å². The lowest BCUT2D eigenvalue weighted by atomic mass is 9.43. The maximum atomic E-state index is 2.66. The van der Waals surface area contributed by atoms with E-state index < -0.39 is 0 Å². The molecular formula is C66H56N2. The summed E-state index contributed by atoms with van der Waals surface area (Å²) in [5, 5.41) is 7.67. The molecule has 0 radical (unpaired) electrons. The molecule has 330 valence electrons. The van der Waals surface area contributed by atoms with Crippen LogP contribution in [0, 0.1) is 23.7 Å². The molecule has 2 heteroatoms. The summed E-state index contributed by atoms with van der Waals surface area (Å²) in [6, 6.07) is 76.2. The van der Waals surface area contributed by atoms with Crippen molar-refractivity contribution in [2.45, 2.75) is 63.7 Å². The molecular weight excluding hydrogens is 821 g/mol. The Bertz CT molecular complexity index is 3540. The van der Waals surface area contributed by atoms with Gasteiger partial charge < -0.3 is 9.80 Å². The fourth-order valence-electron chi connectivity index (χ4n) is 14.6. The summed E-state index contributed by atoms with van der Waals surface area (Å²) in [6.07, 6.45) is 6.87. The van der Waals surface area contributed by atoms with Crippen molar-refractivity contribution in [1.82, 2.24) is 0 Å². The summed E-state index contributed by atoms with van der Waals surface area (Å²) in [7, 11) is 0. The first-order valence-corrected chi connectivity index (χ1v) is 25.2. The molecule has 68 heavy (non-hydrogen) atoms. The van der Waals surface area contributed by atoms with Crippen LogP contribution in [0.25, 0.3) is 54.6 Å². The molecule has 0 aliphatic heterocycles. The fraction of sp³-hybridized carbons (Fsp3) is 0.212. The van der Waals surface area contributed by atoms with Gasteiger partial charge in [0.05, 0.1) is 22.7 Å². The van der Waals surface area contributed by atoms with E-state index in [0.717, 1.165) is 17.5 Å². The number of nitrogens with zero attached hydrogens (tertiary/aromatic N) is 2. The average molecular weight is 877 g/mol. The van der Waals surface area contributed by atoms with Gasteiger partial charge in [0.25, 0.3) is 0 Å². The van der Waals surface area contributed by atoms with Crippen molar-refractivity contribution in [3.63, 3.8) is 0 Å². The lowest BCUT2D eigenvalue weighted by Gasteiger charge is -2.61. The van der Waals surface area contributed by atoms with Crippen molar-refractivity contribution in [2.75, 3.05) is 9.80 Å². The van der Waals surface area contributed by atoms with Crippen LogP contribution in [0.2, 0.25) is 0 Å². The first-order chi connectivity index (χ1) is 33.3. The molecule has 0 amide bonds. The van der Waals surface area contributed by atoms with Gasteiger partial charge in [-0.05, 0) is 171 Å². The van der Waals surface area contributed by atoms with Crippen molar-refractivity contribution in [1.29, 1.82) is 0 Å². The Balaban J connectivity index is 1.01. The predicted molar refractivity (Wildman–Crippen MR) is 287 cm³/mol. The van der Waals surface area contributed by atoms with Gasteiger partial charge in [0, 0.05) is 33.1 Å². The third kappa shape index (κ3) is 5.76. The van der Waals surface area contributed by atoms with E-state index >= 15 is 0 Å². The van der Waals surface area contributed by atoms with Crippen LogP contribution in [0.1, 0.15) is 69.6 Å². The van der Waals surface area contributed by atoms with Gasteiger partial charge in [-0.25, -0.2) is 0 Å². The number of rotatable bonds is 7. The van der Waals surface area contributed by atoms with Gasteiger partial charge >= 0.3 is 0 Å². The van der Waals surface area contributed by atoms with Crippen LogP contribution in [0.5, 0.6) is 0 Å². The van der Waals surface area contributed by atoms with Gasteiger partial charge in [-0.15, -0.1) is 0 Å². The predicted octanol–water partition coefficient (Wildman–Crippen LogP) is 18.2. The highest BCUT2D eigenvalue weighted by Gasteiger charge is 2.62. The highest BCUT2D eigenvalue weighted by molar-refractivity contribution is 6.28.